The van der Waals surface area contributed by atoms with E-state index >= 15 is 0 Å². The van der Waals surface area contributed by atoms with Crippen LogP contribution in [0.2, 0.25) is 0 Å². The average Bonchev–Trinajstić information content (AvgIpc) is 2.80. The van der Waals surface area contributed by atoms with E-state index in [1.165, 1.54) is 12.6 Å². The second kappa shape index (κ2) is 6.66. The summed E-state index contributed by atoms with van der Waals surface area (Å²) in [7, 11) is -3.09. The zero-order chi connectivity index (χ0) is 18.1. The first-order valence-corrected chi connectivity index (χ1v) is 10.2. The minimum Gasteiger partial charge on any atom is -0.366 e. The molecular weight excluding hydrogens is 326 g/mol. The van der Waals surface area contributed by atoms with E-state index in [0.717, 1.165) is 17.5 Å². The number of hydrogen-bond donors (Lipinski definition) is 1. The van der Waals surface area contributed by atoms with Gasteiger partial charge in [-0.2, -0.15) is 5.10 Å². The van der Waals surface area contributed by atoms with Crippen LogP contribution in [0.25, 0.3) is 11.0 Å². The van der Waals surface area contributed by atoms with Gasteiger partial charge < -0.3 is 5.32 Å². The quantitative estimate of drug-likeness (QED) is 0.858. The van der Waals surface area contributed by atoms with Gasteiger partial charge in [-0.05, 0) is 33.1 Å². The van der Waals surface area contributed by atoms with Crippen LogP contribution in [0, 0.1) is 5.92 Å². The maximum absolute atomic E-state index is 11.7. The van der Waals surface area contributed by atoms with Gasteiger partial charge in [0.2, 0.25) is 0 Å². The highest BCUT2D eigenvalue weighted by Crippen LogP contribution is 2.25. The molecule has 2 rings (SSSR count). The summed E-state index contributed by atoms with van der Waals surface area (Å²) < 4.78 is 25.3. The van der Waals surface area contributed by atoms with E-state index in [1.807, 2.05) is 4.68 Å². The van der Waals surface area contributed by atoms with E-state index < -0.39 is 9.84 Å². The number of rotatable bonds is 6. The summed E-state index contributed by atoms with van der Waals surface area (Å²) in [4.78, 5) is 8.65. The lowest BCUT2D eigenvalue weighted by Gasteiger charge is -2.21. The molecule has 2 aromatic heterocycles. The van der Waals surface area contributed by atoms with Gasteiger partial charge in [-0.3, -0.25) is 0 Å². The molecule has 0 fully saturated rings. The predicted octanol–water partition coefficient (Wildman–Crippen LogP) is 2.45. The lowest BCUT2D eigenvalue weighted by atomic mass is 10.1. The number of fused-ring (bicyclic) bond motifs is 1. The highest BCUT2D eigenvalue weighted by atomic mass is 32.2. The van der Waals surface area contributed by atoms with Gasteiger partial charge in [-0.1, -0.05) is 13.8 Å². The predicted molar refractivity (Wildman–Crippen MR) is 96.9 cm³/mol. The van der Waals surface area contributed by atoms with Gasteiger partial charge in [0, 0.05) is 12.3 Å². The number of anilines is 1. The third-order valence-corrected chi connectivity index (χ3v) is 4.61. The van der Waals surface area contributed by atoms with E-state index in [1.54, 1.807) is 6.20 Å². The van der Waals surface area contributed by atoms with Gasteiger partial charge in [0.15, 0.2) is 5.65 Å². The Morgan fingerprint density at radius 1 is 1.25 bits per heavy atom. The Morgan fingerprint density at radius 2 is 1.92 bits per heavy atom. The highest BCUT2D eigenvalue weighted by Gasteiger charge is 2.22. The Balaban J connectivity index is 2.38. The summed E-state index contributed by atoms with van der Waals surface area (Å²) in [6, 6.07) is -0.198. The van der Waals surface area contributed by atoms with Crippen molar-refractivity contribution in [2.24, 2.45) is 5.92 Å². The maximum Gasteiger partial charge on any atom is 0.163 e. The van der Waals surface area contributed by atoms with Gasteiger partial charge in [-0.15, -0.1) is 0 Å². The first-order valence-electron chi connectivity index (χ1n) is 8.11. The van der Waals surface area contributed by atoms with Crippen molar-refractivity contribution >= 4 is 26.7 Å². The molecule has 0 aromatic carbocycles. The second-order valence-corrected chi connectivity index (χ2v) is 9.93. The monoisotopic (exact) mass is 353 g/mol. The standard InChI is InChI=1S/C16H27N5O2S/c1-11(2)7-12(9-24(6,22)23)20-14-13-8-19-21(16(3,4)5)15(13)18-10-17-14/h8,10-12H,7,9H2,1-6H3,(H,17,18,20)/t12-/m1/s1. The molecule has 0 aliphatic rings. The number of sulfone groups is 1. The summed E-state index contributed by atoms with van der Waals surface area (Å²) in [5.74, 6) is 1.08. The van der Waals surface area contributed by atoms with Crippen LogP contribution in [0.5, 0.6) is 0 Å². The van der Waals surface area contributed by atoms with Gasteiger partial charge in [0.05, 0.1) is 22.9 Å². The Kier molecular flexibility index (Phi) is 5.17. The number of aromatic nitrogens is 4. The zero-order valence-electron chi connectivity index (χ0n) is 15.2. The minimum absolute atomic E-state index is 0.0735. The van der Waals surface area contributed by atoms with Crippen LogP contribution in [-0.2, 0) is 15.4 Å². The van der Waals surface area contributed by atoms with Crippen LogP contribution in [0.15, 0.2) is 12.5 Å². The van der Waals surface area contributed by atoms with Crippen molar-refractivity contribution in [3.8, 4) is 0 Å². The molecule has 0 bridgehead atoms. The topological polar surface area (TPSA) is 89.8 Å². The molecule has 1 N–H and O–H groups in total. The molecule has 7 nitrogen and oxygen atoms in total. The van der Waals surface area contributed by atoms with Crippen LogP contribution in [0.3, 0.4) is 0 Å². The van der Waals surface area contributed by atoms with E-state index in [4.69, 9.17) is 0 Å². The minimum atomic E-state index is -3.09. The number of nitrogens with one attached hydrogen (secondary N) is 1. The third-order valence-electron chi connectivity index (χ3n) is 3.60. The molecule has 24 heavy (non-hydrogen) atoms. The Morgan fingerprint density at radius 3 is 2.46 bits per heavy atom. The molecule has 0 amide bonds. The Labute approximate surface area is 143 Å². The van der Waals surface area contributed by atoms with Crippen LogP contribution in [-0.4, -0.2) is 46.2 Å². The molecule has 0 saturated carbocycles. The molecule has 0 unspecified atom stereocenters. The first-order chi connectivity index (χ1) is 11.0. The molecule has 2 heterocycles. The molecule has 1 atom stereocenters. The normalized spacial score (nSPS) is 14.3. The lowest BCUT2D eigenvalue weighted by Crippen LogP contribution is -2.30. The van der Waals surface area contributed by atoms with E-state index in [-0.39, 0.29) is 17.3 Å². The Bertz CT molecular complexity index is 805. The molecule has 0 spiro atoms. The van der Waals surface area contributed by atoms with Gasteiger partial charge in [-0.25, -0.2) is 23.1 Å². The summed E-state index contributed by atoms with van der Waals surface area (Å²) in [6.07, 6.45) is 5.22. The van der Waals surface area contributed by atoms with Crippen molar-refractivity contribution < 1.29 is 8.42 Å². The van der Waals surface area contributed by atoms with Gasteiger partial charge >= 0.3 is 0 Å². The maximum atomic E-state index is 11.7. The summed E-state index contributed by atoms with van der Waals surface area (Å²) in [6.45, 7) is 10.3. The van der Waals surface area contributed by atoms with Crippen molar-refractivity contribution in [3.05, 3.63) is 12.5 Å². The third kappa shape index (κ3) is 4.66. The van der Waals surface area contributed by atoms with Crippen LogP contribution >= 0.6 is 0 Å². The van der Waals surface area contributed by atoms with Crippen molar-refractivity contribution in [2.45, 2.75) is 52.6 Å². The lowest BCUT2D eigenvalue weighted by molar-refractivity contribution is 0.366. The van der Waals surface area contributed by atoms with Crippen molar-refractivity contribution in [2.75, 3.05) is 17.3 Å². The molecule has 134 valence electrons. The van der Waals surface area contributed by atoms with Crippen LogP contribution in [0.4, 0.5) is 5.82 Å². The summed E-state index contributed by atoms with van der Waals surface area (Å²) >= 11 is 0. The van der Waals surface area contributed by atoms with E-state index in [2.05, 4.69) is 55.0 Å². The molecule has 8 heteroatoms. The second-order valence-electron chi connectivity index (χ2n) is 7.75. The van der Waals surface area contributed by atoms with E-state index in [0.29, 0.717) is 11.7 Å². The summed E-state index contributed by atoms with van der Waals surface area (Å²) in [5.41, 5.74) is 0.542. The SMILES string of the molecule is CC(C)C[C@H](CS(C)(=O)=O)Nc1ncnc2c1cnn2C(C)(C)C. The van der Waals surface area contributed by atoms with Crippen molar-refractivity contribution in [1.29, 1.82) is 0 Å². The van der Waals surface area contributed by atoms with E-state index in [9.17, 15) is 8.42 Å². The van der Waals surface area contributed by atoms with Gasteiger partial charge in [0.25, 0.3) is 0 Å². The molecule has 0 aliphatic carbocycles. The number of hydrogen-bond acceptors (Lipinski definition) is 6. The average molecular weight is 353 g/mol. The van der Waals surface area contributed by atoms with Gasteiger partial charge in [0.1, 0.15) is 22.0 Å². The first kappa shape index (κ1) is 18.6. The molecular formula is C16H27N5O2S. The molecule has 0 aliphatic heterocycles. The molecule has 2 aromatic rings. The molecule has 0 saturated heterocycles. The largest absolute Gasteiger partial charge is 0.366 e. The fourth-order valence-electron chi connectivity index (χ4n) is 2.75. The fourth-order valence-corrected chi connectivity index (χ4v) is 3.70. The smallest absolute Gasteiger partial charge is 0.163 e. The zero-order valence-corrected chi connectivity index (χ0v) is 16.1. The van der Waals surface area contributed by atoms with Crippen LogP contribution < -0.4 is 5.32 Å². The summed E-state index contributed by atoms with van der Waals surface area (Å²) in [5, 5.41) is 8.52. The fraction of sp³-hybridized carbons (Fsp3) is 0.688. The van der Waals surface area contributed by atoms with Crippen LogP contribution in [0.1, 0.15) is 41.0 Å². The Hall–Kier alpha value is -1.70. The van der Waals surface area contributed by atoms with Crippen molar-refractivity contribution in [1.82, 2.24) is 19.7 Å². The number of nitrogens with zero attached hydrogens (tertiary/aromatic N) is 4. The molecule has 0 radical (unpaired) electrons. The van der Waals surface area contributed by atoms with Crippen molar-refractivity contribution in [3.63, 3.8) is 0 Å². The highest BCUT2D eigenvalue weighted by molar-refractivity contribution is 7.90.